The Balaban J connectivity index is 1.71. The van der Waals surface area contributed by atoms with Crippen molar-refractivity contribution in [2.45, 2.75) is 26.2 Å². The molecule has 0 fully saturated rings. The fourth-order valence-electron chi connectivity index (χ4n) is 3.22. The molecule has 0 saturated heterocycles. The molecule has 128 valence electrons. The van der Waals surface area contributed by atoms with Crippen LogP contribution in [0.3, 0.4) is 0 Å². The molecule has 0 N–H and O–H groups in total. The van der Waals surface area contributed by atoms with Gasteiger partial charge in [-0.2, -0.15) is 0 Å². The van der Waals surface area contributed by atoms with E-state index in [1.54, 1.807) is 28.4 Å². The lowest BCUT2D eigenvalue weighted by molar-refractivity contribution is 0.0977. The second-order valence-corrected chi connectivity index (χ2v) is 7.03. The van der Waals surface area contributed by atoms with E-state index in [-0.39, 0.29) is 11.7 Å². The zero-order valence-corrected chi connectivity index (χ0v) is 14.6. The summed E-state index contributed by atoms with van der Waals surface area (Å²) in [6.45, 7) is 2.54. The Morgan fingerprint density at radius 1 is 1.28 bits per heavy atom. The molecule has 0 radical (unpaired) electrons. The summed E-state index contributed by atoms with van der Waals surface area (Å²) in [7, 11) is 0. The number of anilines is 1. The van der Waals surface area contributed by atoms with Crippen molar-refractivity contribution in [2.75, 3.05) is 11.4 Å². The largest absolute Gasteiger partial charge is 0.355 e. The predicted octanol–water partition coefficient (Wildman–Crippen LogP) is 4.70. The molecule has 4 rings (SSSR count). The number of amides is 1. The molecular weight excluding hydrogens is 339 g/mol. The number of carbonyl (C=O) groups is 1. The number of aromatic nitrogens is 1. The quantitative estimate of drug-likeness (QED) is 0.681. The average molecular weight is 356 g/mol. The van der Waals surface area contributed by atoms with Crippen molar-refractivity contribution in [3.8, 4) is 11.3 Å². The van der Waals surface area contributed by atoms with Crippen LogP contribution >= 0.6 is 11.3 Å². The van der Waals surface area contributed by atoms with Gasteiger partial charge in [0.25, 0.3) is 5.91 Å². The van der Waals surface area contributed by atoms with E-state index in [9.17, 15) is 9.18 Å². The summed E-state index contributed by atoms with van der Waals surface area (Å²) < 4.78 is 18.7. The number of thiophene rings is 1. The summed E-state index contributed by atoms with van der Waals surface area (Å²) >= 11 is 1.70. The fourth-order valence-corrected chi connectivity index (χ4v) is 4.09. The molecule has 2 heterocycles. The van der Waals surface area contributed by atoms with E-state index in [0.29, 0.717) is 23.7 Å². The van der Waals surface area contributed by atoms with Crippen LogP contribution in [0.5, 0.6) is 0 Å². The molecule has 1 aromatic carbocycles. The lowest BCUT2D eigenvalue weighted by Gasteiger charge is -2.22. The first-order valence-corrected chi connectivity index (χ1v) is 9.19. The molecule has 4 nitrogen and oxygen atoms in total. The highest BCUT2D eigenvalue weighted by molar-refractivity contribution is 7.10. The normalized spacial score (nSPS) is 12.6. The van der Waals surface area contributed by atoms with Crippen molar-refractivity contribution in [3.63, 3.8) is 0 Å². The highest BCUT2D eigenvalue weighted by Crippen LogP contribution is 2.38. The fraction of sp³-hybridized carbons (Fsp3) is 0.263. The van der Waals surface area contributed by atoms with Crippen molar-refractivity contribution in [1.29, 1.82) is 0 Å². The molecule has 0 unspecified atom stereocenters. The van der Waals surface area contributed by atoms with E-state index in [2.05, 4.69) is 5.16 Å². The third-order valence-electron chi connectivity index (χ3n) is 4.41. The van der Waals surface area contributed by atoms with Crippen LogP contribution in [0.2, 0.25) is 0 Å². The van der Waals surface area contributed by atoms with E-state index in [1.807, 2.05) is 18.4 Å². The van der Waals surface area contributed by atoms with Gasteiger partial charge in [-0.1, -0.05) is 12.1 Å². The minimum Gasteiger partial charge on any atom is -0.355 e. The number of halogens is 1. The van der Waals surface area contributed by atoms with Crippen LogP contribution in [-0.4, -0.2) is 17.6 Å². The highest BCUT2D eigenvalue weighted by Gasteiger charge is 2.30. The maximum atomic E-state index is 13.2. The third kappa shape index (κ3) is 2.76. The van der Waals surface area contributed by atoms with Gasteiger partial charge in [-0.05, 0) is 55.0 Å². The lowest BCUT2D eigenvalue weighted by atomic mass is 9.95. The van der Waals surface area contributed by atoms with Gasteiger partial charge in [-0.25, -0.2) is 4.39 Å². The van der Waals surface area contributed by atoms with Crippen molar-refractivity contribution < 1.29 is 13.7 Å². The van der Waals surface area contributed by atoms with Gasteiger partial charge >= 0.3 is 0 Å². The first-order chi connectivity index (χ1) is 12.2. The van der Waals surface area contributed by atoms with Crippen LogP contribution in [0.25, 0.3) is 11.3 Å². The summed E-state index contributed by atoms with van der Waals surface area (Å²) in [6, 6.07) is 7.97. The topological polar surface area (TPSA) is 46.3 Å². The minimum atomic E-state index is -0.323. The number of carbonyl (C=O) groups excluding carboxylic acids is 1. The molecule has 0 atom stereocenters. The highest BCUT2D eigenvalue weighted by atomic mass is 32.1. The Labute approximate surface area is 148 Å². The number of hydrogen-bond donors (Lipinski definition) is 0. The molecule has 2 aromatic heterocycles. The Bertz CT molecular complexity index is 914. The SMILES string of the molecule is CCCN(C(=O)c1noc2c1CCc1sccc1-2)c1ccc(F)cc1. The zero-order chi connectivity index (χ0) is 17.4. The first kappa shape index (κ1) is 16.0. The first-order valence-electron chi connectivity index (χ1n) is 8.31. The predicted molar refractivity (Wildman–Crippen MR) is 95.6 cm³/mol. The summed E-state index contributed by atoms with van der Waals surface area (Å²) in [5.74, 6) is 0.190. The summed E-state index contributed by atoms with van der Waals surface area (Å²) in [4.78, 5) is 16.0. The number of fused-ring (bicyclic) bond motifs is 3. The molecule has 1 aliphatic carbocycles. The summed E-state index contributed by atoms with van der Waals surface area (Å²) in [6.07, 6.45) is 2.43. The maximum Gasteiger partial charge on any atom is 0.280 e. The van der Waals surface area contributed by atoms with Gasteiger partial charge in [0, 0.05) is 28.2 Å². The van der Waals surface area contributed by atoms with Gasteiger partial charge < -0.3 is 9.42 Å². The molecule has 1 aliphatic rings. The van der Waals surface area contributed by atoms with Crippen molar-refractivity contribution >= 4 is 22.9 Å². The molecule has 1 amide bonds. The number of aryl methyl sites for hydroxylation is 1. The van der Waals surface area contributed by atoms with Crippen LogP contribution in [0, 0.1) is 5.82 Å². The zero-order valence-electron chi connectivity index (χ0n) is 13.8. The van der Waals surface area contributed by atoms with E-state index >= 15 is 0 Å². The number of hydrogen-bond acceptors (Lipinski definition) is 4. The Kier molecular flexibility index (Phi) is 4.13. The molecule has 6 heteroatoms. The van der Waals surface area contributed by atoms with Crippen LogP contribution in [0.15, 0.2) is 40.2 Å². The summed E-state index contributed by atoms with van der Waals surface area (Å²) in [5, 5.41) is 6.12. The van der Waals surface area contributed by atoms with Crippen molar-refractivity contribution in [3.05, 3.63) is 57.7 Å². The minimum absolute atomic E-state index is 0.197. The lowest BCUT2D eigenvalue weighted by Crippen LogP contribution is -2.32. The van der Waals surface area contributed by atoms with E-state index in [0.717, 1.165) is 30.4 Å². The summed E-state index contributed by atoms with van der Waals surface area (Å²) in [5.41, 5.74) is 2.95. The molecule has 25 heavy (non-hydrogen) atoms. The molecule has 0 aliphatic heterocycles. The smallest absolute Gasteiger partial charge is 0.280 e. The Morgan fingerprint density at radius 2 is 2.08 bits per heavy atom. The number of rotatable bonds is 4. The molecule has 0 bridgehead atoms. The molecule has 0 saturated carbocycles. The average Bonchev–Trinajstić information content (AvgIpc) is 3.26. The Morgan fingerprint density at radius 3 is 2.84 bits per heavy atom. The van der Waals surface area contributed by atoms with Crippen molar-refractivity contribution in [1.82, 2.24) is 5.16 Å². The van der Waals surface area contributed by atoms with E-state index in [4.69, 9.17) is 4.52 Å². The van der Waals surface area contributed by atoms with Crippen molar-refractivity contribution in [2.24, 2.45) is 0 Å². The second kappa shape index (κ2) is 6.44. The van der Waals surface area contributed by atoms with Gasteiger partial charge in [0.2, 0.25) is 0 Å². The molecular formula is C19H17FN2O2S. The second-order valence-electron chi connectivity index (χ2n) is 6.03. The molecule has 3 aromatic rings. The van der Waals surface area contributed by atoms with Gasteiger partial charge in [-0.3, -0.25) is 4.79 Å². The van der Waals surface area contributed by atoms with Crippen LogP contribution in [0.1, 0.15) is 34.3 Å². The van der Waals surface area contributed by atoms with Gasteiger partial charge in [0.15, 0.2) is 11.5 Å². The van der Waals surface area contributed by atoms with E-state index < -0.39 is 0 Å². The maximum absolute atomic E-state index is 13.2. The monoisotopic (exact) mass is 356 g/mol. The van der Waals surface area contributed by atoms with Gasteiger partial charge in [0.1, 0.15) is 5.82 Å². The van der Waals surface area contributed by atoms with Crippen LogP contribution in [-0.2, 0) is 12.8 Å². The third-order valence-corrected chi connectivity index (χ3v) is 5.39. The Hall–Kier alpha value is -2.47. The standard InChI is InChI=1S/C19H17FN2O2S/c1-2-10-22(13-5-3-12(20)4-6-13)19(23)17-15-7-8-16-14(9-11-25-16)18(15)24-21-17/h3-6,9,11H,2,7-8,10H2,1H3. The number of benzene rings is 1. The molecule has 0 spiro atoms. The van der Waals surface area contributed by atoms with Crippen LogP contribution in [0.4, 0.5) is 10.1 Å². The van der Waals surface area contributed by atoms with Gasteiger partial charge in [-0.15, -0.1) is 11.3 Å². The van der Waals surface area contributed by atoms with Gasteiger partial charge in [0.05, 0.1) is 0 Å². The van der Waals surface area contributed by atoms with E-state index in [1.165, 1.54) is 17.0 Å². The van der Waals surface area contributed by atoms with Crippen LogP contribution < -0.4 is 4.90 Å². The number of nitrogens with zero attached hydrogens (tertiary/aromatic N) is 2.